The van der Waals surface area contributed by atoms with Crippen LogP contribution >= 0.6 is 0 Å². The molecule has 1 saturated carbocycles. The molecule has 4 heterocycles. The number of aliphatic hydroxyl groups is 1. The number of rotatable bonds is 3. The van der Waals surface area contributed by atoms with Crippen LogP contribution in [0.1, 0.15) is 65.8 Å². The van der Waals surface area contributed by atoms with E-state index in [1.165, 1.54) is 12.8 Å². The minimum atomic E-state index is -0.536. The van der Waals surface area contributed by atoms with Gasteiger partial charge in [0.25, 0.3) is 11.6 Å². The fourth-order valence-corrected chi connectivity index (χ4v) is 6.11. The standard InChI is InChI=1S/C24H30N4O4/c1-14-19-20(17-3-2-4-18(17)25-21(19)32-26-14)22(30)27-9-7-24(8-10-27)11-16(29)13-28(23(24)31)12-15-5-6-15/h15-16,29H,2-13H2,1H3. The number of fused-ring (bicyclic) bond motifs is 2. The number of hydrogen-bond acceptors (Lipinski definition) is 6. The van der Waals surface area contributed by atoms with E-state index in [0.717, 1.165) is 42.5 Å². The van der Waals surface area contributed by atoms with Crippen molar-refractivity contribution in [3.05, 3.63) is 22.5 Å². The Morgan fingerprint density at radius 3 is 2.78 bits per heavy atom. The molecule has 0 aromatic carbocycles. The number of aryl methyl sites for hydroxylation is 2. The Morgan fingerprint density at radius 1 is 1.25 bits per heavy atom. The maximum atomic E-state index is 13.7. The van der Waals surface area contributed by atoms with Crippen LogP contribution in [0, 0.1) is 18.3 Å². The van der Waals surface area contributed by atoms with Crippen LogP contribution in [0.25, 0.3) is 11.1 Å². The largest absolute Gasteiger partial charge is 0.391 e. The van der Waals surface area contributed by atoms with Gasteiger partial charge < -0.3 is 19.4 Å². The molecule has 2 aliphatic heterocycles. The summed E-state index contributed by atoms with van der Waals surface area (Å²) in [6, 6.07) is 0. The zero-order valence-corrected chi connectivity index (χ0v) is 18.6. The summed E-state index contributed by atoms with van der Waals surface area (Å²) in [5, 5.41) is 15.3. The van der Waals surface area contributed by atoms with Crippen molar-refractivity contribution in [2.75, 3.05) is 26.2 Å². The molecule has 6 rings (SSSR count). The first-order valence-corrected chi connectivity index (χ1v) is 12.0. The minimum absolute atomic E-state index is 0.00431. The van der Waals surface area contributed by atoms with Gasteiger partial charge in [0, 0.05) is 31.9 Å². The molecule has 8 heteroatoms. The number of aliphatic hydroxyl groups excluding tert-OH is 1. The van der Waals surface area contributed by atoms with Crippen molar-refractivity contribution in [2.45, 2.75) is 64.4 Å². The molecule has 4 aliphatic rings. The van der Waals surface area contributed by atoms with E-state index < -0.39 is 11.5 Å². The first-order valence-electron chi connectivity index (χ1n) is 12.0. The summed E-state index contributed by atoms with van der Waals surface area (Å²) >= 11 is 0. The van der Waals surface area contributed by atoms with Gasteiger partial charge >= 0.3 is 0 Å². The third-order valence-electron chi connectivity index (χ3n) is 8.02. The molecule has 2 amide bonds. The minimum Gasteiger partial charge on any atom is -0.391 e. The van der Waals surface area contributed by atoms with E-state index >= 15 is 0 Å². The fraction of sp³-hybridized carbons (Fsp3) is 0.667. The lowest BCUT2D eigenvalue weighted by molar-refractivity contribution is -0.156. The van der Waals surface area contributed by atoms with Crippen LogP contribution in [0.4, 0.5) is 0 Å². The Hall–Kier alpha value is -2.48. The van der Waals surface area contributed by atoms with Gasteiger partial charge in [-0.05, 0) is 69.8 Å². The summed E-state index contributed by atoms with van der Waals surface area (Å²) in [5.41, 5.74) is 3.29. The summed E-state index contributed by atoms with van der Waals surface area (Å²) in [6.07, 6.45) is 6.31. The van der Waals surface area contributed by atoms with Crippen molar-refractivity contribution in [1.82, 2.24) is 19.9 Å². The van der Waals surface area contributed by atoms with Crippen LogP contribution in [0.2, 0.25) is 0 Å². The van der Waals surface area contributed by atoms with Crippen LogP contribution in [0.15, 0.2) is 4.52 Å². The number of nitrogens with zero attached hydrogens (tertiary/aromatic N) is 4. The molecule has 1 N–H and O–H groups in total. The zero-order chi connectivity index (χ0) is 22.0. The molecule has 170 valence electrons. The lowest BCUT2D eigenvalue weighted by Crippen LogP contribution is -2.58. The third kappa shape index (κ3) is 3.14. The van der Waals surface area contributed by atoms with Gasteiger partial charge in [-0.25, -0.2) is 4.98 Å². The maximum absolute atomic E-state index is 13.7. The van der Waals surface area contributed by atoms with Gasteiger partial charge in [-0.15, -0.1) is 0 Å². The topological polar surface area (TPSA) is 99.8 Å². The number of β-amino-alcohol motifs (C(OH)–C–C–N with tert-alkyl or cyclic N) is 1. The van der Waals surface area contributed by atoms with Crippen molar-refractivity contribution in [1.29, 1.82) is 0 Å². The summed E-state index contributed by atoms with van der Waals surface area (Å²) in [6.45, 7) is 4.13. The van der Waals surface area contributed by atoms with Crippen LogP contribution in [0.5, 0.6) is 0 Å². The number of pyridine rings is 1. The number of piperidine rings is 2. The number of carbonyl (C=O) groups is 2. The average molecular weight is 439 g/mol. The first-order chi connectivity index (χ1) is 15.4. The van der Waals surface area contributed by atoms with Gasteiger partial charge in [-0.2, -0.15) is 0 Å². The number of likely N-dealkylation sites (tertiary alicyclic amines) is 2. The molecule has 0 radical (unpaired) electrons. The molecule has 1 spiro atoms. The molecule has 1 atom stereocenters. The lowest BCUT2D eigenvalue weighted by atomic mass is 9.70. The third-order valence-corrected chi connectivity index (χ3v) is 8.02. The monoisotopic (exact) mass is 438 g/mol. The predicted molar refractivity (Wildman–Crippen MR) is 116 cm³/mol. The first kappa shape index (κ1) is 20.1. The quantitative estimate of drug-likeness (QED) is 0.789. The van der Waals surface area contributed by atoms with Crippen LogP contribution < -0.4 is 0 Å². The van der Waals surface area contributed by atoms with Crippen LogP contribution in [-0.2, 0) is 17.6 Å². The van der Waals surface area contributed by atoms with Crippen LogP contribution in [0.3, 0.4) is 0 Å². The van der Waals surface area contributed by atoms with Crippen molar-refractivity contribution in [2.24, 2.45) is 11.3 Å². The predicted octanol–water partition coefficient (Wildman–Crippen LogP) is 2.25. The maximum Gasteiger partial charge on any atom is 0.259 e. The smallest absolute Gasteiger partial charge is 0.259 e. The van der Waals surface area contributed by atoms with E-state index in [1.807, 2.05) is 16.7 Å². The highest BCUT2D eigenvalue weighted by atomic mass is 16.5. The highest BCUT2D eigenvalue weighted by Gasteiger charge is 2.49. The van der Waals surface area contributed by atoms with Crippen molar-refractivity contribution in [3.63, 3.8) is 0 Å². The molecule has 2 aliphatic carbocycles. The van der Waals surface area contributed by atoms with Gasteiger partial charge in [-0.3, -0.25) is 9.59 Å². The number of amides is 2. The molecule has 3 fully saturated rings. The summed E-state index contributed by atoms with van der Waals surface area (Å²) in [5.74, 6) is 0.783. The van der Waals surface area contributed by atoms with Gasteiger partial charge in [-0.1, -0.05) is 5.16 Å². The summed E-state index contributed by atoms with van der Waals surface area (Å²) in [4.78, 5) is 35.5. The summed E-state index contributed by atoms with van der Waals surface area (Å²) < 4.78 is 5.41. The Balaban J connectivity index is 1.26. The zero-order valence-electron chi connectivity index (χ0n) is 18.6. The van der Waals surface area contributed by atoms with E-state index in [9.17, 15) is 14.7 Å². The highest BCUT2D eigenvalue weighted by molar-refractivity contribution is 6.07. The molecule has 2 aromatic rings. The van der Waals surface area contributed by atoms with Gasteiger partial charge in [0.15, 0.2) is 0 Å². The number of hydrogen-bond donors (Lipinski definition) is 1. The second-order valence-electron chi connectivity index (χ2n) is 10.3. The van der Waals surface area contributed by atoms with E-state index in [0.29, 0.717) is 61.8 Å². The second kappa shape index (κ2) is 7.27. The highest BCUT2D eigenvalue weighted by Crippen LogP contribution is 2.43. The average Bonchev–Trinajstić information content (AvgIpc) is 3.34. The lowest BCUT2D eigenvalue weighted by Gasteiger charge is -2.48. The van der Waals surface area contributed by atoms with E-state index in [4.69, 9.17) is 4.52 Å². The number of carbonyl (C=O) groups excluding carboxylic acids is 2. The molecule has 1 unspecified atom stereocenters. The fourth-order valence-electron chi connectivity index (χ4n) is 6.11. The van der Waals surface area contributed by atoms with Gasteiger partial charge in [0.2, 0.25) is 5.91 Å². The Bertz CT molecular complexity index is 1100. The SMILES string of the molecule is Cc1noc2nc3c(c(C(=O)N4CCC5(CC4)CC(O)CN(CC4CC4)C5=O)c12)CCC3. The van der Waals surface area contributed by atoms with Crippen molar-refractivity contribution < 1.29 is 19.2 Å². The molecule has 2 aromatic heterocycles. The van der Waals surface area contributed by atoms with Crippen molar-refractivity contribution >= 4 is 22.9 Å². The van der Waals surface area contributed by atoms with E-state index in [1.54, 1.807) is 0 Å². The molecule has 2 saturated heterocycles. The Kier molecular flexibility index (Phi) is 4.58. The van der Waals surface area contributed by atoms with E-state index in [2.05, 4.69) is 10.1 Å². The molecular formula is C24H30N4O4. The summed E-state index contributed by atoms with van der Waals surface area (Å²) in [7, 11) is 0. The second-order valence-corrected chi connectivity index (χ2v) is 10.3. The number of aromatic nitrogens is 2. The van der Waals surface area contributed by atoms with Crippen LogP contribution in [-0.4, -0.2) is 69.1 Å². The normalized spacial score (nSPS) is 25.1. The van der Waals surface area contributed by atoms with Gasteiger partial charge in [0.05, 0.1) is 28.2 Å². The molecule has 8 nitrogen and oxygen atoms in total. The molecular weight excluding hydrogens is 408 g/mol. The Labute approximate surface area is 186 Å². The van der Waals surface area contributed by atoms with Crippen molar-refractivity contribution in [3.8, 4) is 0 Å². The molecule has 32 heavy (non-hydrogen) atoms. The van der Waals surface area contributed by atoms with E-state index in [-0.39, 0.29) is 11.8 Å². The molecule has 0 bridgehead atoms. The van der Waals surface area contributed by atoms with Gasteiger partial charge in [0.1, 0.15) is 0 Å². The Morgan fingerprint density at radius 2 is 2.03 bits per heavy atom.